The van der Waals surface area contributed by atoms with E-state index in [4.69, 9.17) is 11.6 Å². The number of hydrogen-bond acceptors (Lipinski definition) is 5. The number of benzene rings is 1. The van der Waals surface area contributed by atoms with E-state index in [0.717, 1.165) is 0 Å². The zero-order valence-electron chi connectivity index (χ0n) is 9.59. The van der Waals surface area contributed by atoms with E-state index in [1.165, 1.54) is 0 Å². The number of anilines is 1. The lowest BCUT2D eigenvalue weighted by molar-refractivity contribution is 0.599. The minimum atomic E-state index is -3.40. The van der Waals surface area contributed by atoms with Crippen molar-refractivity contribution < 1.29 is 8.42 Å². The lowest BCUT2D eigenvalue weighted by Crippen LogP contribution is -2.18. The quantitative estimate of drug-likeness (QED) is 0.927. The van der Waals surface area contributed by atoms with Crippen LogP contribution in [-0.4, -0.2) is 29.4 Å². The molecule has 0 fully saturated rings. The van der Waals surface area contributed by atoms with E-state index >= 15 is 0 Å². The Bertz CT molecular complexity index is 675. The van der Waals surface area contributed by atoms with Gasteiger partial charge in [0.1, 0.15) is 5.52 Å². The van der Waals surface area contributed by atoms with Gasteiger partial charge >= 0.3 is 0 Å². The molecule has 0 unspecified atom stereocenters. The third-order valence-corrected chi connectivity index (χ3v) is 3.81. The second-order valence-corrected chi connectivity index (χ2v) is 5.97. The molecule has 18 heavy (non-hydrogen) atoms. The molecule has 2 aromatic rings. The second-order valence-electron chi connectivity index (χ2n) is 3.69. The van der Waals surface area contributed by atoms with Crippen molar-refractivity contribution in [2.24, 2.45) is 0 Å². The Hall–Kier alpha value is -1.47. The molecular formula is C10H11ClN4O2S. The van der Waals surface area contributed by atoms with Crippen LogP contribution in [-0.2, 0) is 10.0 Å². The van der Waals surface area contributed by atoms with Crippen molar-refractivity contribution in [3.05, 3.63) is 23.2 Å². The number of sulfonamides is 1. The maximum Gasteiger partial charge on any atom is 0.256 e. The van der Waals surface area contributed by atoms with Crippen LogP contribution in [0.25, 0.3) is 11.0 Å². The summed E-state index contributed by atoms with van der Waals surface area (Å²) in [5, 5.41) is 8.09. The van der Waals surface area contributed by atoms with Gasteiger partial charge < -0.3 is 0 Å². The van der Waals surface area contributed by atoms with Gasteiger partial charge in [0, 0.05) is 5.02 Å². The van der Waals surface area contributed by atoms with E-state index in [1.807, 2.05) is 0 Å². The minimum absolute atomic E-state index is 0.0228. The molecule has 0 radical (unpaired) electrons. The summed E-state index contributed by atoms with van der Waals surface area (Å²) in [5.41, 5.74) is 1.05. The summed E-state index contributed by atoms with van der Waals surface area (Å²) in [7, 11) is -3.40. The molecule has 0 saturated carbocycles. The molecule has 1 N–H and O–H groups in total. The smallest absolute Gasteiger partial charge is 0.250 e. The predicted molar refractivity (Wildman–Crippen MR) is 70.0 cm³/mol. The zero-order chi connectivity index (χ0) is 13.2. The highest BCUT2D eigenvalue weighted by Crippen LogP contribution is 2.16. The van der Waals surface area contributed by atoms with E-state index in [-0.39, 0.29) is 11.7 Å². The molecule has 1 aromatic heterocycles. The van der Waals surface area contributed by atoms with Gasteiger partial charge in [0.25, 0.3) is 5.95 Å². The molecule has 8 heteroatoms. The van der Waals surface area contributed by atoms with Gasteiger partial charge in [-0.05, 0) is 24.6 Å². The van der Waals surface area contributed by atoms with Crippen molar-refractivity contribution in [3.8, 4) is 0 Å². The highest BCUT2D eigenvalue weighted by molar-refractivity contribution is 7.92. The summed E-state index contributed by atoms with van der Waals surface area (Å²) in [5.74, 6) is -0.00655. The SMILES string of the molecule is CCCS(=O)(=O)Nc1nnc2cc(Cl)ccc2n1. The number of fused-ring (bicyclic) bond motifs is 1. The molecule has 0 saturated heterocycles. The van der Waals surface area contributed by atoms with Crippen LogP contribution in [0.1, 0.15) is 13.3 Å². The standard InChI is InChI=1S/C10H11ClN4O2S/c1-2-5-18(16,17)15-10-12-8-4-3-7(11)6-9(8)13-14-10/h3-4,6H,2,5H2,1H3,(H,12,14,15). The van der Waals surface area contributed by atoms with Crippen LogP contribution in [0.15, 0.2) is 18.2 Å². The first-order valence-corrected chi connectivity index (χ1v) is 7.33. The molecule has 0 amide bonds. The lowest BCUT2D eigenvalue weighted by atomic mass is 10.3. The first-order valence-electron chi connectivity index (χ1n) is 5.30. The third kappa shape index (κ3) is 3.05. The molecule has 0 atom stereocenters. The average Bonchev–Trinajstić information content (AvgIpc) is 2.28. The van der Waals surface area contributed by atoms with Crippen LogP contribution in [0, 0.1) is 0 Å². The molecular weight excluding hydrogens is 276 g/mol. The summed E-state index contributed by atoms with van der Waals surface area (Å²) >= 11 is 5.80. The molecule has 0 aliphatic rings. The molecule has 1 heterocycles. The number of aromatic nitrogens is 3. The summed E-state index contributed by atoms with van der Waals surface area (Å²) in [4.78, 5) is 4.06. The van der Waals surface area contributed by atoms with Crippen molar-refractivity contribution in [2.45, 2.75) is 13.3 Å². The molecule has 96 valence electrons. The fourth-order valence-electron chi connectivity index (χ4n) is 1.41. The predicted octanol–water partition coefficient (Wildman–Crippen LogP) is 1.83. The van der Waals surface area contributed by atoms with Crippen LogP contribution in [0.3, 0.4) is 0 Å². The van der Waals surface area contributed by atoms with Crippen LogP contribution in [0.5, 0.6) is 0 Å². The van der Waals surface area contributed by atoms with Gasteiger partial charge in [-0.25, -0.2) is 18.1 Å². The van der Waals surface area contributed by atoms with Crippen molar-refractivity contribution in [3.63, 3.8) is 0 Å². The van der Waals surface area contributed by atoms with Crippen molar-refractivity contribution in [1.29, 1.82) is 0 Å². The Labute approximate surface area is 109 Å². The maximum absolute atomic E-state index is 11.6. The second kappa shape index (κ2) is 5.03. The monoisotopic (exact) mass is 286 g/mol. The van der Waals surface area contributed by atoms with Gasteiger partial charge in [0.05, 0.1) is 11.3 Å². The highest BCUT2D eigenvalue weighted by atomic mass is 35.5. The van der Waals surface area contributed by atoms with Gasteiger partial charge in [0.15, 0.2) is 0 Å². The van der Waals surface area contributed by atoms with Crippen molar-refractivity contribution in [2.75, 3.05) is 10.5 Å². The summed E-state index contributed by atoms with van der Waals surface area (Å²) in [6.07, 6.45) is 0.520. The van der Waals surface area contributed by atoms with Crippen LogP contribution >= 0.6 is 11.6 Å². The molecule has 1 aromatic carbocycles. The third-order valence-electron chi connectivity index (χ3n) is 2.14. The van der Waals surface area contributed by atoms with Gasteiger partial charge in [0.2, 0.25) is 10.0 Å². The maximum atomic E-state index is 11.6. The Morgan fingerprint density at radius 1 is 1.28 bits per heavy atom. The van der Waals surface area contributed by atoms with Crippen molar-refractivity contribution in [1.82, 2.24) is 15.2 Å². The first kappa shape index (κ1) is 13.0. The molecule has 0 aliphatic heterocycles. The van der Waals surface area contributed by atoms with E-state index in [2.05, 4.69) is 19.9 Å². The van der Waals surface area contributed by atoms with Crippen molar-refractivity contribution >= 4 is 38.6 Å². The van der Waals surface area contributed by atoms with Crippen LogP contribution in [0.2, 0.25) is 5.02 Å². The Balaban J connectivity index is 2.33. The Morgan fingerprint density at radius 2 is 2.06 bits per heavy atom. The van der Waals surface area contributed by atoms with Gasteiger partial charge in [-0.1, -0.05) is 18.5 Å². The number of rotatable bonds is 4. The summed E-state index contributed by atoms with van der Waals surface area (Å²) < 4.78 is 25.4. The Kier molecular flexibility index (Phi) is 3.63. The zero-order valence-corrected chi connectivity index (χ0v) is 11.2. The molecule has 6 nitrogen and oxygen atoms in total. The van der Waals surface area contributed by atoms with E-state index in [9.17, 15) is 8.42 Å². The Morgan fingerprint density at radius 3 is 2.78 bits per heavy atom. The summed E-state index contributed by atoms with van der Waals surface area (Å²) in [6, 6.07) is 4.92. The van der Waals surface area contributed by atoms with E-state index < -0.39 is 10.0 Å². The molecule has 0 aliphatic carbocycles. The topological polar surface area (TPSA) is 84.8 Å². The largest absolute Gasteiger partial charge is 0.256 e. The van der Waals surface area contributed by atoms with Crippen LogP contribution < -0.4 is 4.72 Å². The normalized spacial score (nSPS) is 11.7. The fraction of sp³-hybridized carbons (Fsp3) is 0.300. The summed E-state index contributed by atoms with van der Waals surface area (Å²) in [6.45, 7) is 1.78. The van der Waals surface area contributed by atoms with Crippen LogP contribution in [0.4, 0.5) is 5.95 Å². The highest BCUT2D eigenvalue weighted by Gasteiger charge is 2.11. The van der Waals surface area contributed by atoms with E-state index in [1.54, 1.807) is 25.1 Å². The lowest BCUT2D eigenvalue weighted by Gasteiger charge is -2.05. The number of nitrogens with one attached hydrogen (secondary N) is 1. The van der Waals surface area contributed by atoms with Gasteiger partial charge in [-0.15, -0.1) is 10.2 Å². The first-order chi connectivity index (χ1) is 8.50. The number of halogens is 1. The fourth-order valence-corrected chi connectivity index (χ4v) is 2.58. The van der Waals surface area contributed by atoms with Gasteiger partial charge in [-0.3, -0.25) is 0 Å². The minimum Gasteiger partial charge on any atom is -0.250 e. The molecule has 2 rings (SSSR count). The number of hydrogen-bond donors (Lipinski definition) is 1. The van der Waals surface area contributed by atoms with Gasteiger partial charge in [-0.2, -0.15) is 0 Å². The molecule has 0 spiro atoms. The number of nitrogens with zero attached hydrogens (tertiary/aromatic N) is 3. The molecule has 0 bridgehead atoms. The average molecular weight is 287 g/mol. The van der Waals surface area contributed by atoms with E-state index in [0.29, 0.717) is 22.5 Å².